The van der Waals surface area contributed by atoms with Crippen molar-refractivity contribution in [2.24, 2.45) is 0 Å². The third-order valence-electron chi connectivity index (χ3n) is 7.90. The summed E-state index contributed by atoms with van der Waals surface area (Å²) in [6.45, 7) is 5.91. The standard InChI is InChI=1S/C31H36FN7O6/c1-31(2)17-38(11-12-42-3)28(40)25-26(36-29(37-27(25)45-31)39-15-20-7-8-21(16-39)44-20)18-5-9-23(22(32)13-18)35-30(41)34-19-6-10-24(43-4)33-14-19/h5-6,9-10,13-14,20-21H,7-8,11-12,15-17H2,1-4H3,(H2,34,35,41). The Bertz CT molecular complexity index is 1580. The molecule has 0 spiro atoms. The van der Waals surface area contributed by atoms with Crippen molar-refractivity contribution < 1.29 is 32.9 Å². The summed E-state index contributed by atoms with van der Waals surface area (Å²) < 4.78 is 38.3. The second-order valence-electron chi connectivity index (χ2n) is 11.9. The van der Waals surface area contributed by atoms with Crippen LogP contribution in [0.2, 0.25) is 0 Å². The number of urea groups is 1. The number of ether oxygens (including phenoxy) is 4. The van der Waals surface area contributed by atoms with E-state index < -0.39 is 17.4 Å². The Morgan fingerprint density at radius 2 is 1.89 bits per heavy atom. The number of nitrogens with zero attached hydrogens (tertiary/aromatic N) is 5. The molecule has 2 bridgehead atoms. The molecule has 1 aromatic carbocycles. The average Bonchev–Trinajstić information content (AvgIpc) is 3.31. The second-order valence-corrected chi connectivity index (χ2v) is 11.9. The number of methoxy groups -OCH3 is 2. The zero-order valence-electron chi connectivity index (χ0n) is 25.6. The molecule has 0 aliphatic carbocycles. The van der Waals surface area contributed by atoms with E-state index >= 15 is 4.39 Å². The van der Waals surface area contributed by atoms with Crippen LogP contribution in [0.15, 0.2) is 36.5 Å². The fourth-order valence-corrected chi connectivity index (χ4v) is 5.81. The number of pyridine rings is 1. The van der Waals surface area contributed by atoms with Crippen molar-refractivity contribution in [2.75, 3.05) is 62.5 Å². The molecule has 6 rings (SSSR count). The molecule has 3 aliphatic rings. The summed E-state index contributed by atoms with van der Waals surface area (Å²) >= 11 is 0. The number of hydrogen-bond donors (Lipinski definition) is 2. The molecule has 3 amide bonds. The number of halogens is 1. The molecule has 2 atom stereocenters. The maximum Gasteiger partial charge on any atom is 0.323 e. The molecule has 3 aliphatic heterocycles. The van der Waals surface area contributed by atoms with E-state index in [1.807, 2.05) is 18.7 Å². The van der Waals surface area contributed by atoms with E-state index in [-0.39, 0.29) is 47.5 Å². The largest absolute Gasteiger partial charge is 0.481 e. The summed E-state index contributed by atoms with van der Waals surface area (Å²) in [7, 11) is 3.06. The van der Waals surface area contributed by atoms with Gasteiger partial charge in [-0.2, -0.15) is 4.98 Å². The molecule has 238 valence electrons. The number of carbonyl (C=O) groups excluding carboxylic acids is 2. The molecule has 14 heteroatoms. The summed E-state index contributed by atoms with van der Waals surface area (Å²) in [5, 5.41) is 5.12. The quantitative estimate of drug-likeness (QED) is 0.380. The molecule has 2 saturated heterocycles. The fourth-order valence-electron chi connectivity index (χ4n) is 5.81. The molecule has 0 saturated carbocycles. The molecule has 2 aromatic heterocycles. The van der Waals surface area contributed by atoms with E-state index in [4.69, 9.17) is 28.9 Å². The first-order chi connectivity index (χ1) is 21.6. The van der Waals surface area contributed by atoms with Gasteiger partial charge in [0.15, 0.2) is 0 Å². The van der Waals surface area contributed by atoms with E-state index in [1.54, 1.807) is 30.2 Å². The van der Waals surface area contributed by atoms with E-state index in [9.17, 15) is 9.59 Å². The van der Waals surface area contributed by atoms with Crippen LogP contribution >= 0.6 is 0 Å². The Morgan fingerprint density at radius 3 is 2.56 bits per heavy atom. The number of benzene rings is 1. The number of anilines is 3. The third kappa shape index (κ3) is 6.61. The molecule has 2 unspecified atom stereocenters. The minimum Gasteiger partial charge on any atom is -0.481 e. The number of aromatic nitrogens is 3. The van der Waals surface area contributed by atoms with Gasteiger partial charge in [-0.05, 0) is 44.9 Å². The summed E-state index contributed by atoms with van der Waals surface area (Å²) in [5.74, 6) is -0.144. The Balaban J connectivity index is 1.35. The predicted molar refractivity (Wildman–Crippen MR) is 163 cm³/mol. The highest BCUT2D eigenvalue weighted by molar-refractivity contribution is 6.03. The first-order valence-electron chi connectivity index (χ1n) is 14.8. The van der Waals surface area contributed by atoms with Crippen LogP contribution in [0.4, 0.5) is 26.5 Å². The van der Waals surface area contributed by atoms with Gasteiger partial charge >= 0.3 is 6.03 Å². The van der Waals surface area contributed by atoms with Crippen LogP contribution in [-0.2, 0) is 9.47 Å². The van der Waals surface area contributed by atoms with Gasteiger partial charge in [0, 0.05) is 38.4 Å². The molecule has 3 aromatic rings. The Labute approximate surface area is 260 Å². The van der Waals surface area contributed by atoms with Gasteiger partial charge in [0.1, 0.15) is 17.0 Å². The average molecular weight is 622 g/mol. The predicted octanol–water partition coefficient (Wildman–Crippen LogP) is 3.96. The number of nitrogens with one attached hydrogen (secondary N) is 2. The summed E-state index contributed by atoms with van der Waals surface area (Å²) in [6, 6.07) is 6.81. The van der Waals surface area contributed by atoms with Gasteiger partial charge in [0.05, 0.1) is 55.7 Å². The molecule has 0 radical (unpaired) electrons. The minimum absolute atomic E-state index is 0.0618. The van der Waals surface area contributed by atoms with Gasteiger partial charge in [0.2, 0.25) is 17.7 Å². The molecule has 13 nitrogen and oxygen atoms in total. The van der Waals surface area contributed by atoms with Gasteiger partial charge in [-0.3, -0.25) is 4.79 Å². The van der Waals surface area contributed by atoms with Crippen LogP contribution in [0.5, 0.6) is 11.8 Å². The molecule has 2 N–H and O–H groups in total. The highest BCUT2D eigenvalue weighted by atomic mass is 19.1. The van der Waals surface area contributed by atoms with Crippen molar-refractivity contribution >= 4 is 29.3 Å². The molecule has 2 fully saturated rings. The van der Waals surface area contributed by atoms with Crippen LogP contribution in [-0.4, -0.2) is 96.6 Å². The van der Waals surface area contributed by atoms with E-state index in [0.717, 1.165) is 12.8 Å². The normalized spacial score (nSPS) is 20.2. The van der Waals surface area contributed by atoms with Crippen molar-refractivity contribution in [3.8, 4) is 23.0 Å². The Hall–Kier alpha value is -4.56. The second kappa shape index (κ2) is 12.4. The number of hydrogen-bond acceptors (Lipinski definition) is 10. The Kier molecular flexibility index (Phi) is 8.42. The molecular formula is C31H36FN7O6. The lowest BCUT2D eigenvalue weighted by atomic mass is 10.0. The zero-order chi connectivity index (χ0) is 31.7. The summed E-state index contributed by atoms with van der Waals surface area (Å²) in [4.78, 5) is 44.0. The van der Waals surface area contributed by atoms with Crippen LogP contribution in [0.3, 0.4) is 0 Å². The van der Waals surface area contributed by atoms with Crippen molar-refractivity contribution in [1.29, 1.82) is 0 Å². The molecule has 5 heterocycles. The van der Waals surface area contributed by atoms with Crippen LogP contribution in [0, 0.1) is 5.82 Å². The highest BCUT2D eigenvalue weighted by Gasteiger charge is 2.40. The van der Waals surface area contributed by atoms with Gasteiger partial charge in [0.25, 0.3) is 5.91 Å². The first-order valence-corrected chi connectivity index (χ1v) is 14.8. The van der Waals surface area contributed by atoms with Crippen LogP contribution in [0.25, 0.3) is 11.3 Å². The van der Waals surface area contributed by atoms with Gasteiger partial charge in [-0.1, -0.05) is 6.07 Å². The maximum absolute atomic E-state index is 15.6. The monoisotopic (exact) mass is 621 g/mol. The van der Waals surface area contributed by atoms with Crippen molar-refractivity contribution in [2.45, 2.75) is 44.5 Å². The maximum atomic E-state index is 15.6. The summed E-state index contributed by atoms with van der Waals surface area (Å²) in [5.41, 5.74) is 0.274. The highest BCUT2D eigenvalue weighted by Crippen LogP contribution is 2.38. The van der Waals surface area contributed by atoms with Crippen LogP contribution < -0.4 is 25.0 Å². The lowest BCUT2D eigenvalue weighted by molar-refractivity contribution is 0.0297. The topological polar surface area (TPSA) is 140 Å². The van der Waals surface area contributed by atoms with E-state index in [0.29, 0.717) is 49.3 Å². The fraction of sp³-hybridized carbons (Fsp3) is 0.452. The van der Waals surface area contributed by atoms with Crippen LogP contribution in [0.1, 0.15) is 37.0 Å². The number of rotatable bonds is 8. The SMILES string of the molecule is COCCN1CC(C)(C)Oc2nc(N3CC4CCC(C3)O4)nc(-c3ccc(NC(=O)Nc4ccc(OC)nc4)c(F)c3)c2C1=O. The smallest absolute Gasteiger partial charge is 0.323 e. The number of fused-ring (bicyclic) bond motifs is 3. The van der Waals surface area contributed by atoms with Crippen molar-refractivity contribution in [1.82, 2.24) is 19.9 Å². The minimum atomic E-state index is -0.770. The third-order valence-corrected chi connectivity index (χ3v) is 7.90. The van der Waals surface area contributed by atoms with Gasteiger partial charge in [-0.25, -0.2) is 19.2 Å². The lowest BCUT2D eigenvalue weighted by Gasteiger charge is -2.33. The molecular weight excluding hydrogens is 585 g/mol. The van der Waals surface area contributed by atoms with E-state index in [2.05, 4.69) is 15.6 Å². The Morgan fingerprint density at radius 1 is 1.11 bits per heavy atom. The molecule has 45 heavy (non-hydrogen) atoms. The zero-order valence-corrected chi connectivity index (χ0v) is 25.6. The summed E-state index contributed by atoms with van der Waals surface area (Å²) in [6.07, 6.45) is 3.48. The number of carbonyl (C=O) groups is 2. The first kappa shape index (κ1) is 30.5. The number of morpholine rings is 1. The number of amides is 3. The lowest BCUT2D eigenvalue weighted by Crippen LogP contribution is -2.44. The van der Waals surface area contributed by atoms with Crippen molar-refractivity contribution in [3.05, 3.63) is 47.9 Å². The van der Waals surface area contributed by atoms with Gasteiger partial charge in [-0.15, -0.1) is 0 Å². The van der Waals surface area contributed by atoms with Gasteiger partial charge < -0.3 is 39.4 Å². The van der Waals surface area contributed by atoms with Crippen molar-refractivity contribution in [3.63, 3.8) is 0 Å². The van der Waals surface area contributed by atoms with E-state index in [1.165, 1.54) is 25.4 Å².